The molecule has 0 bridgehead atoms. The van der Waals surface area contributed by atoms with Crippen LogP contribution in [0.3, 0.4) is 0 Å². The van der Waals surface area contributed by atoms with Gasteiger partial charge in [-0.1, -0.05) is 56.3 Å². The van der Waals surface area contributed by atoms with Crippen molar-refractivity contribution in [1.82, 2.24) is 4.98 Å². The number of thiazole rings is 1. The molecule has 0 radical (unpaired) electrons. The van der Waals surface area contributed by atoms with Crippen LogP contribution in [0.15, 0.2) is 42.5 Å². The number of aromatic nitrogens is 1. The van der Waals surface area contributed by atoms with E-state index >= 15 is 0 Å². The Balaban J connectivity index is 2.29. The molecule has 0 aliphatic rings. The Bertz CT molecular complexity index is 974. The van der Waals surface area contributed by atoms with Gasteiger partial charge < -0.3 is 11.5 Å². The fraction of sp³-hybridized carbons (Fsp3) is 0.273. The lowest BCUT2D eigenvalue weighted by Gasteiger charge is -2.25. The number of anilines is 2. The van der Waals surface area contributed by atoms with Gasteiger partial charge in [-0.15, -0.1) is 11.3 Å². The first-order valence-electron chi connectivity index (χ1n) is 9.47. The fourth-order valence-corrected chi connectivity index (χ4v) is 4.43. The van der Waals surface area contributed by atoms with E-state index in [9.17, 15) is 4.79 Å². The summed E-state index contributed by atoms with van der Waals surface area (Å²) < 4.78 is 0. The zero-order chi connectivity index (χ0) is 20.3. The molecule has 6 heteroatoms. The van der Waals surface area contributed by atoms with Crippen molar-refractivity contribution >= 4 is 28.1 Å². The van der Waals surface area contributed by atoms with Crippen molar-refractivity contribution in [1.29, 1.82) is 0 Å². The number of carbonyl (C=O) groups excluding carboxylic acids is 1. The molecule has 0 unspecified atom stereocenters. The van der Waals surface area contributed by atoms with E-state index in [1.165, 1.54) is 11.3 Å². The van der Waals surface area contributed by atoms with Crippen molar-refractivity contribution in [2.45, 2.75) is 40.2 Å². The van der Waals surface area contributed by atoms with Crippen molar-refractivity contribution in [3.63, 3.8) is 0 Å². The Morgan fingerprint density at radius 1 is 1.04 bits per heavy atom. The normalized spacial score (nSPS) is 10.9. The maximum absolute atomic E-state index is 12.7. The van der Waals surface area contributed by atoms with Crippen LogP contribution in [-0.2, 0) is 19.4 Å². The molecule has 3 rings (SSSR count). The largest absolute Gasteiger partial charge is 0.351 e. The van der Waals surface area contributed by atoms with Gasteiger partial charge in [0.2, 0.25) is 0 Å². The smallest absolute Gasteiger partial charge is 0.324 e. The van der Waals surface area contributed by atoms with Crippen LogP contribution < -0.4 is 16.4 Å². The van der Waals surface area contributed by atoms with Crippen LogP contribution >= 0.6 is 11.3 Å². The van der Waals surface area contributed by atoms with Gasteiger partial charge in [0, 0.05) is 12.1 Å². The number of nitrogens with two attached hydrogens (primary N) is 2. The number of hydrogen-bond donors (Lipinski definition) is 2. The first-order chi connectivity index (χ1) is 13.5. The SMILES string of the molecule is CCc1cccc(CC)c1N(C(N)=O)c1sc(C)nc1-c1ccccc1CN. The van der Waals surface area contributed by atoms with Crippen LogP contribution in [0.4, 0.5) is 15.5 Å². The summed E-state index contributed by atoms with van der Waals surface area (Å²) in [5, 5.41) is 1.61. The highest BCUT2D eigenvalue weighted by Crippen LogP contribution is 2.43. The molecular weight excluding hydrogens is 368 g/mol. The van der Waals surface area contributed by atoms with E-state index in [4.69, 9.17) is 16.5 Å². The minimum Gasteiger partial charge on any atom is -0.351 e. The van der Waals surface area contributed by atoms with E-state index in [0.29, 0.717) is 6.54 Å². The van der Waals surface area contributed by atoms with Crippen molar-refractivity contribution in [3.05, 3.63) is 64.2 Å². The minimum atomic E-state index is -0.509. The second-order valence-electron chi connectivity index (χ2n) is 6.55. The third-order valence-electron chi connectivity index (χ3n) is 4.82. The van der Waals surface area contributed by atoms with Crippen molar-refractivity contribution < 1.29 is 4.79 Å². The Labute approximate surface area is 170 Å². The lowest BCUT2D eigenvalue weighted by atomic mass is 10.0. The molecule has 0 saturated carbocycles. The molecule has 0 aliphatic heterocycles. The molecule has 2 aromatic carbocycles. The zero-order valence-corrected chi connectivity index (χ0v) is 17.3. The highest BCUT2D eigenvalue weighted by molar-refractivity contribution is 7.16. The molecule has 0 fully saturated rings. The van der Waals surface area contributed by atoms with E-state index in [1.54, 1.807) is 4.90 Å². The van der Waals surface area contributed by atoms with E-state index in [1.807, 2.05) is 49.4 Å². The molecule has 5 nitrogen and oxygen atoms in total. The van der Waals surface area contributed by atoms with E-state index in [2.05, 4.69) is 13.8 Å². The molecule has 0 saturated heterocycles. The molecule has 0 spiro atoms. The number of aryl methyl sites for hydroxylation is 3. The summed E-state index contributed by atoms with van der Waals surface area (Å²) in [7, 11) is 0. The maximum Gasteiger partial charge on any atom is 0.324 e. The fourth-order valence-electron chi connectivity index (χ4n) is 3.49. The van der Waals surface area contributed by atoms with Gasteiger partial charge in [0.25, 0.3) is 0 Å². The van der Waals surface area contributed by atoms with Gasteiger partial charge in [-0.25, -0.2) is 9.78 Å². The van der Waals surface area contributed by atoms with E-state index in [-0.39, 0.29) is 0 Å². The Hall–Kier alpha value is -2.70. The molecule has 1 heterocycles. The lowest BCUT2D eigenvalue weighted by molar-refractivity contribution is 0.256. The predicted octanol–water partition coefficient (Wildman–Crippen LogP) is 4.92. The summed E-state index contributed by atoms with van der Waals surface area (Å²) in [5.41, 5.74) is 17.6. The Morgan fingerprint density at radius 2 is 1.64 bits per heavy atom. The monoisotopic (exact) mass is 394 g/mol. The second kappa shape index (κ2) is 8.54. The summed E-state index contributed by atoms with van der Waals surface area (Å²) in [6.07, 6.45) is 1.61. The summed E-state index contributed by atoms with van der Waals surface area (Å²) >= 11 is 1.47. The molecule has 4 N–H and O–H groups in total. The van der Waals surface area contributed by atoms with Crippen LogP contribution in [0.1, 0.15) is 35.5 Å². The van der Waals surface area contributed by atoms with Crippen molar-refractivity contribution in [2.24, 2.45) is 11.5 Å². The number of amides is 2. The van der Waals surface area contributed by atoms with E-state index in [0.717, 1.165) is 56.5 Å². The van der Waals surface area contributed by atoms with Gasteiger partial charge in [0.1, 0.15) is 10.7 Å². The Kier molecular flexibility index (Phi) is 6.11. The second-order valence-corrected chi connectivity index (χ2v) is 7.74. The first-order valence-corrected chi connectivity index (χ1v) is 10.3. The van der Waals surface area contributed by atoms with Gasteiger partial charge in [0.15, 0.2) is 0 Å². The number of hydrogen-bond acceptors (Lipinski definition) is 4. The Morgan fingerprint density at radius 3 is 2.21 bits per heavy atom. The quantitative estimate of drug-likeness (QED) is 0.622. The number of carbonyl (C=O) groups is 1. The van der Waals surface area contributed by atoms with Gasteiger partial charge in [-0.3, -0.25) is 4.90 Å². The molecule has 0 aliphatic carbocycles. The van der Waals surface area contributed by atoms with Crippen LogP contribution in [-0.4, -0.2) is 11.0 Å². The summed E-state index contributed by atoms with van der Waals surface area (Å²) in [6.45, 7) is 6.50. The average Bonchev–Trinajstić information content (AvgIpc) is 3.08. The highest BCUT2D eigenvalue weighted by Gasteiger charge is 2.27. The van der Waals surface area contributed by atoms with Gasteiger partial charge in [0.05, 0.1) is 10.7 Å². The topological polar surface area (TPSA) is 85.2 Å². The van der Waals surface area contributed by atoms with Crippen LogP contribution in [0.5, 0.6) is 0 Å². The van der Waals surface area contributed by atoms with Crippen LogP contribution in [0, 0.1) is 6.92 Å². The standard InChI is InChI=1S/C22H26N4OS/c1-4-15-10-8-11-16(5-2)20(15)26(22(24)27)21-19(25-14(3)28-21)18-12-7-6-9-17(18)13-23/h6-12H,4-5,13,23H2,1-3H3,(H2,24,27). The number of urea groups is 1. The molecular formula is C22H26N4OS. The van der Waals surface area contributed by atoms with Gasteiger partial charge in [-0.05, 0) is 36.5 Å². The summed E-state index contributed by atoms with van der Waals surface area (Å²) in [4.78, 5) is 19.1. The number of rotatable bonds is 6. The van der Waals surface area contributed by atoms with Gasteiger partial charge in [-0.2, -0.15) is 0 Å². The molecule has 28 heavy (non-hydrogen) atoms. The highest BCUT2D eigenvalue weighted by atomic mass is 32.1. The molecule has 0 atom stereocenters. The number of para-hydroxylation sites is 1. The zero-order valence-electron chi connectivity index (χ0n) is 16.5. The van der Waals surface area contributed by atoms with Crippen molar-refractivity contribution in [3.8, 4) is 11.3 Å². The number of primary amides is 1. The predicted molar refractivity (Wildman–Crippen MR) is 117 cm³/mol. The lowest BCUT2D eigenvalue weighted by Crippen LogP contribution is -2.32. The number of benzene rings is 2. The summed E-state index contributed by atoms with van der Waals surface area (Å²) in [5.74, 6) is 0. The third-order valence-corrected chi connectivity index (χ3v) is 5.78. The van der Waals surface area contributed by atoms with Crippen LogP contribution in [0.25, 0.3) is 11.3 Å². The molecule has 3 aromatic rings. The summed E-state index contributed by atoms with van der Waals surface area (Å²) in [6, 6.07) is 13.5. The molecule has 2 amide bonds. The van der Waals surface area contributed by atoms with Gasteiger partial charge >= 0.3 is 6.03 Å². The van der Waals surface area contributed by atoms with E-state index < -0.39 is 6.03 Å². The average molecular weight is 395 g/mol. The minimum absolute atomic E-state index is 0.397. The third kappa shape index (κ3) is 3.66. The first kappa shape index (κ1) is 20.0. The maximum atomic E-state index is 12.7. The van der Waals surface area contributed by atoms with Crippen LogP contribution in [0.2, 0.25) is 0 Å². The molecule has 1 aromatic heterocycles. The number of nitrogens with zero attached hydrogens (tertiary/aromatic N) is 2. The van der Waals surface area contributed by atoms with Crippen molar-refractivity contribution in [2.75, 3.05) is 4.90 Å². The molecule has 146 valence electrons.